The molecular weight excluding hydrogens is 366 g/mol. The molecule has 4 aromatic rings. The van der Waals surface area contributed by atoms with Crippen molar-refractivity contribution in [3.63, 3.8) is 0 Å². The molecule has 1 saturated heterocycles. The summed E-state index contributed by atoms with van der Waals surface area (Å²) in [5, 5.41) is 17.8. The predicted octanol–water partition coefficient (Wildman–Crippen LogP) is 3.38. The fourth-order valence-corrected chi connectivity index (χ4v) is 3.72. The number of likely N-dealkylation sites (tertiary alicyclic amines) is 1. The number of nitrogens with zero attached hydrogens (tertiary/aromatic N) is 4. The van der Waals surface area contributed by atoms with Crippen molar-refractivity contribution in [1.82, 2.24) is 25.1 Å². The molecule has 1 fully saturated rings. The minimum Gasteiger partial charge on any atom is -0.439 e. The van der Waals surface area contributed by atoms with Crippen molar-refractivity contribution in [3.8, 4) is 22.9 Å². The maximum Gasteiger partial charge on any atom is 0.219 e. The Balaban J connectivity index is 1.29. The van der Waals surface area contributed by atoms with Gasteiger partial charge in [0.15, 0.2) is 0 Å². The van der Waals surface area contributed by atoms with Gasteiger partial charge in [0, 0.05) is 61.3 Å². The third-order valence-corrected chi connectivity index (χ3v) is 5.02. The summed E-state index contributed by atoms with van der Waals surface area (Å²) in [6, 6.07) is 13.6. The van der Waals surface area contributed by atoms with Crippen LogP contribution in [0.25, 0.3) is 22.2 Å². The van der Waals surface area contributed by atoms with E-state index in [1.807, 2.05) is 49.5 Å². The van der Waals surface area contributed by atoms with Crippen molar-refractivity contribution in [2.45, 2.75) is 19.1 Å². The fourth-order valence-electron chi connectivity index (χ4n) is 3.72. The summed E-state index contributed by atoms with van der Waals surface area (Å²) in [6.45, 7) is 4.06. The molecule has 4 heterocycles. The van der Waals surface area contributed by atoms with Gasteiger partial charge in [-0.05, 0) is 42.8 Å². The maximum absolute atomic E-state index is 9.87. The number of hydrogen-bond acceptors (Lipinski definition) is 6. The molecule has 2 N–H and O–H groups in total. The standard InChI is InChI=1S/C22H21N5O2/c1-22(28)13-27(14-22)12-15-8-16-2-4-18(9-20(16)23-10-15)29-21-5-3-17(11-24-21)19-6-7-25-26-19/h2-11,28H,12-14H2,1H3,(H,25,26). The lowest BCUT2D eigenvalue weighted by Crippen LogP contribution is -2.59. The van der Waals surface area contributed by atoms with Crippen LogP contribution in [0.1, 0.15) is 12.5 Å². The smallest absolute Gasteiger partial charge is 0.219 e. The molecule has 1 aromatic carbocycles. The van der Waals surface area contributed by atoms with Crippen LogP contribution >= 0.6 is 0 Å². The van der Waals surface area contributed by atoms with Crippen LogP contribution in [0.5, 0.6) is 11.6 Å². The molecule has 7 heteroatoms. The number of benzene rings is 1. The highest BCUT2D eigenvalue weighted by Gasteiger charge is 2.36. The minimum atomic E-state index is -0.554. The summed E-state index contributed by atoms with van der Waals surface area (Å²) >= 11 is 0. The molecular formula is C22H21N5O2. The Kier molecular flexibility index (Phi) is 4.26. The van der Waals surface area contributed by atoms with Gasteiger partial charge in [0.2, 0.25) is 5.88 Å². The quantitative estimate of drug-likeness (QED) is 0.546. The molecule has 0 unspecified atom stereocenters. The highest BCUT2D eigenvalue weighted by molar-refractivity contribution is 5.80. The molecule has 0 bridgehead atoms. The molecule has 1 aliphatic rings. The van der Waals surface area contributed by atoms with Gasteiger partial charge in [-0.1, -0.05) is 0 Å². The number of hydrogen-bond donors (Lipinski definition) is 2. The summed E-state index contributed by atoms with van der Waals surface area (Å²) in [6.07, 6.45) is 5.35. The first-order valence-electron chi connectivity index (χ1n) is 9.51. The lowest BCUT2D eigenvalue weighted by atomic mass is 9.96. The number of rotatable bonds is 5. The first kappa shape index (κ1) is 17.8. The second kappa shape index (κ2) is 6.95. The van der Waals surface area contributed by atoms with E-state index in [9.17, 15) is 5.11 Å². The van der Waals surface area contributed by atoms with Crippen LogP contribution in [0, 0.1) is 0 Å². The number of aromatic nitrogens is 4. The van der Waals surface area contributed by atoms with Crippen LogP contribution in [0.4, 0.5) is 0 Å². The number of β-amino-alcohol motifs (C(OH)–C–C–N with tert-alkyl or cyclic N) is 1. The van der Waals surface area contributed by atoms with Crippen LogP contribution in [-0.2, 0) is 6.54 Å². The number of nitrogens with one attached hydrogen (secondary N) is 1. The van der Waals surface area contributed by atoms with E-state index >= 15 is 0 Å². The topological polar surface area (TPSA) is 87.2 Å². The number of aliphatic hydroxyl groups is 1. The van der Waals surface area contributed by atoms with Gasteiger partial charge in [0.1, 0.15) is 5.75 Å². The largest absolute Gasteiger partial charge is 0.439 e. The SMILES string of the molecule is CC1(O)CN(Cc2cnc3cc(Oc4ccc(-c5ccn[nH]5)cn4)ccc3c2)C1. The summed E-state index contributed by atoms with van der Waals surface area (Å²) < 4.78 is 5.89. The van der Waals surface area contributed by atoms with E-state index in [0.717, 1.165) is 34.3 Å². The average molecular weight is 387 g/mol. The molecule has 0 saturated carbocycles. The van der Waals surface area contributed by atoms with Gasteiger partial charge in [0.05, 0.1) is 16.8 Å². The molecule has 1 aliphatic heterocycles. The number of ether oxygens (including phenoxy) is 1. The molecule has 29 heavy (non-hydrogen) atoms. The highest BCUT2D eigenvalue weighted by Crippen LogP contribution is 2.27. The Labute approximate surface area is 168 Å². The van der Waals surface area contributed by atoms with Gasteiger partial charge in [-0.2, -0.15) is 5.10 Å². The van der Waals surface area contributed by atoms with Crippen molar-refractivity contribution in [2.75, 3.05) is 13.1 Å². The van der Waals surface area contributed by atoms with E-state index in [1.54, 1.807) is 12.4 Å². The number of fused-ring (bicyclic) bond motifs is 1. The lowest BCUT2D eigenvalue weighted by molar-refractivity contribution is -0.0871. The molecule has 5 rings (SSSR count). The zero-order valence-corrected chi connectivity index (χ0v) is 16.0. The number of H-pyrrole nitrogens is 1. The zero-order chi connectivity index (χ0) is 19.8. The molecule has 0 radical (unpaired) electrons. The third kappa shape index (κ3) is 3.83. The van der Waals surface area contributed by atoms with Gasteiger partial charge < -0.3 is 9.84 Å². The monoisotopic (exact) mass is 387 g/mol. The molecule has 0 spiro atoms. The van der Waals surface area contributed by atoms with Crippen LogP contribution in [0.15, 0.2) is 61.1 Å². The Morgan fingerprint density at radius 3 is 2.72 bits per heavy atom. The van der Waals surface area contributed by atoms with Gasteiger partial charge in [-0.15, -0.1) is 0 Å². The second-order valence-electron chi connectivity index (χ2n) is 7.80. The lowest BCUT2D eigenvalue weighted by Gasteiger charge is -2.44. The van der Waals surface area contributed by atoms with E-state index in [2.05, 4.69) is 31.1 Å². The van der Waals surface area contributed by atoms with Crippen molar-refractivity contribution in [1.29, 1.82) is 0 Å². The van der Waals surface area contributed by atoms with Crippen molar-refractivity contribution in [3.05, 3.63) is 66.6 Å². The Morgan fingerprint density at radius 1 is 1.10 bits per heavy atom. The van der Waals surface area contributed by atoms with Crippen molar-refractivity contribution < 1.29 is 9.84 Å². The van der Waals surface area contributed by atoms with Gasteiger partial charge in [-0.25, -0.2) is 4.98 Å². The van der Waals surface area contributed by atoms with E-state index in [4.69, 9.17) is 4.74 Å². The molecule has 146 valence electrons. The van der Waals surface area contributed by atoms with Crippen molar-refractivity contribution in [2.24, 2.45) is 0 Å². The Hall–Kier alpha value is -3.29. The Morgan fingerprint density at radius 2 is 2.00 bits per heavy atom. The molecule has 7 nitrogen and oxygen atoms in total. The second-order valence-corrected chi connectivity index (χ2v) is 7.80. The molecule has 3 aromatic heterocycles. The highest BCUT2D eigenvalue weighted by atomic mass is 16.5. The van der Waals surface area contributed by atoms with Crippen LogP contribution in [0.3, 0.4) is 0 Å². The minimum absolute atomic E-state index is 0.522. The van der Waals surface area contributed by atoms with Crippen LogP contribution in [0.2, 0.25) is 0 Å². The van der Waals surface area contributed by atoms with Crippen LogP contribution in [-0.4, -0.2) is 48.9 Å². The molecule has 0 atom stereocenters. The van der Waals surface area contributed by atoms with Gasteiger partial charge in [0.25, 0.3) is 0 Å². The van der Waals surface area contributed by atoms with Gasteiger partial charge >= 0.3 is 0 Å². The molecule has 0 aliphatic carbocycles. The van der Waals surface area contributed by atoms with Crippen molar-refractivity contribution >= 4 is 10.9 Å². The van der Waals surface area contributed by atoms with E-state index in [1.165, 1.54) is 0 Å². The van der Waals surface area contributed by atoms with Gasteiger partial charge in [-0.3, -0.25) is 15.0 Å². The predicted molar refractivity (Wildman–Crippen MR) is 110 cm³/mol. The summed E-state index contributed by atoms with van der Waals surface area (Å²) in [7, 11) is 0. The van der Waals surface area contributed by atoms with E-state index < -0.39 is 5.60 Å². The summed E-state index contributed by atoms with van der Waals surface area (Å²) in [5.74, 6) is 1.22. The van der Waals surface area contributed by atoms with Crippen LogP contribution < -0.4 is 4.74 Å². The fraction of sp³-hybridized carbons (Fsp3) is 0.227. The molecule has 0 amide bonds. The summed E-state index contributed by atoms with van der Waals surface area (Å²) in [4.78, 5) is 11.2. The number of aromatic amines is 1. The van der Waals surface area contributed by atoms with E-state index in [-0.39, 0.29) is 0 Å². The maximum atomic E-state index is 9.87. The van der Waals surface area contributed by atoms with E-state index in [0.29, 0.717) is 24.7 Å². The zero-order valence-electron chi connectivity index (χ0n) is 16.0. The first-order valence-corrected chi connectivity index (χ1v) is 9.51. The third-order valence-electron chi connectivity index (χ3n) is 5.02. The number of pyridine rings is 2. The Bertz CT molecular complexity index is 1130. The summed E-state index contributed by atoms with van der Waals surface area (Å²) in [5.41, 5.74) is 3.32. The average Bonchev–Trinajstić information content (AvgIpc) is 3.22. The first-order chi connectivity index (χ1) is 14.0. The normalized spacial score (nSPS) is 15.9.